The third kappa shape index (κ3) is 3.89. The first kappa shape index (κ1) is 15.7. The molecule has 112 valence electrons. The molecule has 0 radical (unpaired) electrons. The van der Waals surface area contributed by atoms with Crippen LogP contribution in [0.3, 0.4) is 0 Å². The summed E-state index contributed by atoms with van der Waals surface area (Å²) in [5, 5.41) is 3.42. The Hall–Kier alpha value is -1.72. The molecule has 0 aliphatic heterocycles. The molecule has 0 saturated carbocycles. The molecular formula is C16H19BrN2O2. The minimum absolute atomic E-state index is 0.00554. The van der Waals surface area contributed by atoms with Gasteiger partial charge in [0.05, 0.1) is 20.3 Å². The molecule has 2 aromatic carbocycles. The van der Waals surface area contributed by atoms with Crippen LogP contribution < -0.4 is 20.5 Å². The van der Waals surface area contributed by atoms with Crippen molar-refractivity contribution < 1.29 is 9.47 Å². The second-order valence-electron chi connectivity index (χ2n) is 4.55. The predicted octanol–water partition coefficient (Wildman–Crippen LogP) is 3.58. The highest BCUT2D eigenvalue weighted by Gasteiger charge is 2.13. The Bertz CT molecular complexity index is 587. The lowest BCUT2D eigenvalue weighted by Gasteiger charge is -2.20. The van der Waals surface area contributed by atoms with E-state index in [1.807, 2.05) is 42.5 Å². The predicted molar refractivity (Wildman–Crippen MR) is 89.1 cm³/mol. The lowest BCUT2D eigenvalue weighted by Crippen LogP contribution is -2.20. The number of anilines is 1. The van der Waals surface area contributed by atoms with E-state index in [1.54, 1.807) is 14.2 Å². The average Bonchev–Trinajstić information content (AvgIpc) is 2.53. The van der Waals surface area contributed by atoms with Gasteiger partial charge in [-0.1, -0.05) is 22.0 Å². The first-order chi connectivity index (χ1) is 10.2. The van der Waals surface area contributed by atoms with E-state index in [4.69, 9.17) is 15.2 Å². The molecule has 0 bridgehead atoms. The molecule has 4 nitrogen and oxygen atoms in total. The van der Waals surface area contributed by atoms with Crippen LogP contribution in [-0.2, 0) is 0 Å². The third-order valence-corrected chi connectivity index (χ3v) is 3.76. The van der Waals surface area contributed by atoms with Crippen molar-refractivity contribution in [2.75, 3.05) is 26.1 Å². The van der Waals surface area contributed by atoms with Gasteiger partial charge >= 0.3 is 0 Å². The highest BCUT2D eigenvalue weighted by Crippen LogP contribution is 2.31. The Morgan fingerprint density at radius 3 is 2.29 bits per heavy atom. The second kappa shape index (κ2) is 7.33. The average molecular weight is 351 g/mol. The molecule has 3 N–H and O–H groups in total. The second-order valence-corrected chi connectivity index (χ2v) is 5.47. The summed E-state index contributed by atoms with van der Waals surface area (Å²) in [6.45, 7) is 0.478. The molecule has 2 aromatic rings. The highest BCUT2D eigenvalue weighted by molar-refractivity contribution is 9.10. The van der Waals surface area contributed by atoms with Gasteiger partial charge in [-0.3, -0.25) is 0 Å². The summed E-state index contributed by atoms with van der Waals surface area (Å²) in [6.07, 6.45) is 0. The van der Waals surface area contributed by atoms with E-state index in [9.17, 15) is 0 Å². The molecule has 5 heteroatoms. The molecule has 0 amide bonds. The van der Waals surface area contributed by atoms with Crippen LogP contribution in [-0.4, -0.2) is 20.8 Å². The zero-order chi connectivity index (χ0) is 15.2. The van der Waals surface area contributed by atoms with Crippen molar-refractivity contribution in [3.8, 4) is 11.5 Å². The highest BCUT2D eigenvalue weighted by atomic mass is 79.9. The van der Waals surface area contributed by atoms with Gasteiger partial charge in [0.1, 0.15) is 0 Å². The van der Waals surface area contributed by atoms with Gasteiger partial charge in [-0.25, -0.2) is 0 Å². The molecule has 0 fully saturated rings. The van der Waals surface area contributed by atoms with Gasteiger partial charge < -0.3 is 20.5 Å². The van der Waals surface area contributed by atoms with Crippen molar-refractivity contribution in [1.82, 2.24) is 0 Å². The fraction of sp³-hybridized carbons (Fsp3) is 0.250. The van der Waals surface area contributed by atoms with Crippen molar-refractivity contribution in [2.45, 2.75) is 6.04 Å². The van der Waals surface area contributed by atoms with Crippen molar-refractivity contribution in [2.24, 2.45) is 5.73 Å². The lowest BCUT2D eigenvalue weighted by molar-refractivity contribution is 0.354. The maximum absolute atomic E-state index is 5.90. The summed E-state index contributed by atoms with van der Waals surface area (Å²) in [7, 11) is 3.25. The van der Waals surface area contributed by atoms with Gasteiger partial charge in [0, 0.05) is 16.7 Å². The monoisotopic (exact) mass is 350 g/mol. The molecule has 0 spiro atoms. The zero-order valence-corrected chi connectivity index (χ0v) is 13.7. The molecular weight excluding hydrogens is 332 g/mol. The summed E-state index contributed by atoms with van der Waals surface area (Å²) < 4.78 is 11.6. The summed E-state index contributed by atoms with van der Waals surface area (Å²) in [4.78, 5) is 0. The Labute approximate surface area is 133 Å². The van der Waals surface area contributed by atoms with Gasteiger partial charge in [0.15, 0.2) is 11.5 Å². The Morgan fingerprint density at radius 2 is 1.71 bits per heavy atom. The summed E-state index contributed by atoms with van der Waals surface area (Å²) >= 11 is 3.43. The van der Waals surface area contributed by atoms with E-state index in [0.717, 1.165) is 15.7 Å². The molecule has 1 atom stereocenters. The fourth-order valence-corrected chi connectivity index (χ4v) is 2.36. The minimum Gasteiger partial charge on any atom is -0.493 e. The van der Waals surface area contributed by atoms with Gasteiger partial charge in [-0.05, 0) is 42.0 Å². The molecule has 2 rings (SSSR count). The number of methoxy groups -OCH3 is 2. The van der Waals surface area contributed by atoms with Crippen LogP contribution in [0.15, 0.2) is 46.9 Å². The van der Waals surface area contributed by atoms with Crippen molar-refractivity contribution in [3.63, 3.8) is 0 Å². The van der Waals surface area contributed by atoms with Gasteiger partial charge in [-0.15, -0.1) is 0 Å². The first-order valence-corrected chi connectivity index (χ1v) is 7.41. The van der Waals surface area contributed by atoms with E-state index in [2.05, 4.69) is 21.2 Å². The zero-order valence-electron chi connectivity index (χ0n) is 12.1. The maximum atomic E-state index is 5.90. The first-order valence-electron chi connectivity index (χ1n) is 6.62. The van der Waals surface area contributed by atoms with Gasteiger partial charge in [0.25, 0.3) is 0 Å². The van der Waals surface area contributed by atoms with Crippen molar-refractivity contribution >= 4 is 21.6 Å². The normalized spacial score (nSPS) is 11.8. The van der Waals surface area contributed by atoms with Crippen LogP contribution in [0.1, 0.15) is 11.6 Å². The summed E-state index contributed by atoms with van der Waals surface area (Å²) in [5.41, 5.74) is 7.97. The number of benzene rings is 2. The molecule has 0 aliphatic rings. The van der Waals surface area contributed by atoms with E-state index >= 15 is 0 Å². The summed E-state index contributed by atoms with van der Waals surface area (Å²) in [5.74, 6) is 1.41. The third-order valence-electron chi connectivity index (χ3n) is 3.23. The number of halogens is 1. The van der Waals surface area contributed by atoms with Crippen LogP contribution in [0.4, 0.5) is 5.69 Å². The number of hydrogen-bond acceptors (Lipinski definition) is 4. The standard InChI is InChI=1S/C16H19BrN2O2/c1-20-15-8-3-11(9-16(15)21-2)14(10-18)19-13-6-4-12(17)5-7-13/h3-9,14,19H,10,18H2,1-2H3. The Balaban J connectivity index is 2.22. The SMILES string of the molecule is COc1ccc(C(CN)Nc2ccc(Br)cc2)cc1OC. The van der Waals surface area contributed by atoms with E-state index in [-0.39, 0.29) is 6.04 Å². The number of nitrogens with two attached hydrogens (primary N) is 1. The number of nitrogens with one attached hydrogen (secondary N) is 1. The van der Waals surface area contributed by atoms with Crippen LogP contribution in [0.2, 0.25) is 0 Å². The van der Waals surface area contributed by atoms with Crippen LogP contribution in [0, 0.1) is 0 Å². The topological polar surface area (TPSA) is 56.5 Å². The quantitative estimate of drug-likeness (QED) is 0.835. The van der Waals surface area contributed by atoms with Gasteiger partial charge in [0.2, 0.25) is 0 Å². The van der Waals surface area contributed by atoms with Crippen LogP contribution in [0.5, 0.6) is 11.5 Å². The Morgan fingerprint density at radius 1 is 1.05 bits per heavy atom. The van der Waals surface area contributed by atoms with Crippen molar-refractivity contribution in [1.29, 1.82) is 0 Å². The molecule has 0 aromatic heterocycles. The molecule has 0 saturated heterocycles. The van der Waals surface area contributed by atoms with E-state index < -0.39 is 0 Å². The van der Waals surface area contributed by atoms with E-state index in [1.165, 1.54) is 0 Å². The largest absolute Gasteiger partial charge is 0.493 e. The molecule has 0 heterocycles. The van der Waals surface area contributed by atoms with Crippen molar-refractivity contribution in [3.05, 3.63) is 52.5 Å². The molecule has 1 unspecified atom stereocenters. The van der Waals surface area contributed by atoms with Crippen LogP contribution >= 0.6 is 15.9 Å². The van der Waals surface area contributed by atoms with E-state index in [0.29, 0.717) is 18.0 Å². The maximum Gasteiger partial charge on any atom is 0.161 e. The molecule has 21 heavy (non-hydrogen) atoms. The minimum atomic E-state index is 0.00554. The smallest absolute Gasteiger partial charge is 0.161 e. The Kier molecular flexibility index (Phi) is 5.47. The fourth-order valence-electron chi connectivity index (χ4n) is 2.10. The lowest BCUT2D eigenvalue weighted by atomic mass is 10.1. The number of rotatable bonds is 6. The number of ether oxygens (including phenoxy) is 2. The summed E-state index contributed by atoms with van der Waals surface area (Å²) in [6, 6.07) is 13.8. The van der Waals surface area contributed by atoms with Crippen LogP contribution in [0.25, 0.3) is 0 Å². The van der Waals surface area contributed by atoms with Gasteiger partial charge in [-0.2, -0.15) is 0 Å². The molecule has 0 aliphatic carbocycles. The number of hydrogen-bond donors (Lipinski definition) is 2.